The number of carbonyl (C=O) groups excluding carboxylic acids is 2. The smallest absolute Gasteiger partial charge is 0.338 e. The minimum atomic E-state index is -3.57. The fraction of sp³-hybridized carbons (Fsp3) is 0.600. The highest BCUT2D eigenvalue weighted by Crippen LogP contribution is 2.35. The van der Waals surface area contributed by atoms with Crippen LogP contribution in [0.3, 0.4) is 0 Å². The highest BCUT2D eigenvalue weighted by molar-refractivity contribution is 7.89. The lowest BCUT2D eigenvalue weighted by atomic mass is 9.78. The Hall–Kier alpha value is -1.93. The molecule has 1 saturated carbocycles. The molecule has 1 aromatic carbocycles. The molecule has 1 aromatic rings. The predicted octanol–water partition coefficient (Wildman–Crippen LogP) is 2.32. The van der Waals surface area contributed by atoms with Crippen LogP contribution in [0.15, 0.2) is 29.2 Å². The molecule has 1 amide bonds. The van der Waals surface area contributed by atoms with E-state index in [1.54, 1.807) is 6.92 Å². The van der Waals surface area contributed by atoms with E-state index in [-0.39, 0.29) is 35.6 Å². The van der Waals surface area contributed by atoms with Gasteiger partial charge in [0.25, 0.3) is 5.91 Å². The SMILES string of the molecule is CCNS(=O)(=O)c1ccc(C(=O)OCC(=O)N2CCC[C@H]3CCCC[C@@H]32)cc1. The molecule has 28 heavy (non-hydrogen) atoms. The summed E-state index contributed by atoms with van der Waals surface area (Å²) < 4.78 is 31.5. The summed E-state index contributed by atoms with van der Waals surface area (Å²) in [6.45, 7) is 2.43. The van der Waals surface area contributed by atoms with Gasteiger partial charge in [0.05, 0.1) is 10.5 Å². The number of rotatable bonds is 6. The van der Waals surface area contributed by atoms with Crippen LogP contribution in [-0.2, 0) is 19.6 Å². The third kappa shape index (κ3) is 4.72. The predicted molar refractivity (Wildman–Crippen MR) is 104 cm³/mol. The zero-order chi connectivity index (χ0) is 20.1. The van der Waals surface area contributed by atoms with E-state index in [1.165, 1.54) is 43.5 Å². The summed E-state index contributed by atoms with van der Waals surface area (Å²) in [5.74, 6) is -0.192. The second kappa shape index (κ2) is 9.05. The van der Waals surface area contributed by atoms with Crippen LogP contribution in [0.25, 0.3) is 0 Å². The molecule has 3 rings (SSSR count). The van der Waals surface area contributed by atoms with Crippen molar-refractivity contribution in [3.8, 4) is 0 Å². The van der Waals surface area contributed by atoms with E-state index < -0.39 is 16.0 Å². The summed E-state index contributed by atoms with van der Waals surface area (Å²) in [5.41, 5.74) is 0.220. The van der Waals surface area contributed by atoms with E-state index in [4.69, 9.17) is 4.74 Å². The quantitative estimate of drug-likeness (QED) is 0.729. The third-order valence-corrected chi connectivity index (χ3v) is 7.19. The maximum absolute atomic E-state index is 12.6. The van der Waals surface area contributed by atoms with Crippen molar-refractivity contribution in [1.82, 2.24) is 9.62 Å². The second-order valence-electron chi connectivity index (χ2n) is 7.44. The molecule has 8 heteroatoms. The fourth-order valence-corrected chi connectivity index (χ4v) is 5.31. The average Bonchev–Trinajstić information content (AvgIpc) is 2.71. The fourth-order valence-electron chi connectivity index (χ4n) is 4.27. The van der Waals surface area contributed by atoms with Gasteiger partial charge < -0.3 is 9.64 Å². The van der Waals surface area contributed by atoms with Crippen LogP contribution in [0.1, 0.15) is 55.8 Å². The van der Waals surface area contributed by atoms with Gasteiger partial charge in [-0.15, -0.1) is 0 Å². The lowest BCUT2D eigenvalue weighted by Crippen LogP contribution is -2.50. The van der Waals surface area contributed by atoms with Gasteiger partial charge in [-0.25, -0.2) is 17.9 Å². The number of carbonyl (C=O) groups is 2. The Labute approximate surface area is 166 Å². The molecule has 0 spiro atoms. The van der Waals surface area contributed by atoms with Gasteiger partial charge in [-0.05, 0) is 55.9 Å². The Morgan fingerprint density at radius 2 is 1.79 bits per heavy atom. The molecule has 0 unspecified atom stereocenters. The zero-order valence-electron chi connectivity index (χ0n) is 16.2. The molecule has 0 bridgehead atoms. The minimum Gasteiger partial charge on any atom is -0.452 e. The molecular formula is C20H28N2O5S. The summed E-state index contributed by atoms with van der Waals surface area (Å²) in [4.78, 5) is 26.8. The number of hydrogen-bond donors (Lipinski definition) is 1. The number of nitrogens with one attached hydrogen (secondary N) is 1. The van der Waals surface area contributed by atoms with Crippen molar-refractivity contribution >= 4 is 21.9 Å². The van der Waals surface area contributed by atoms with E-state index in [0.717, 1.165) is 25.8 Å². The number of piperidine rings is 1. The van der Waals surface area contributed by atoms with Crippen molar-refractivity contribution in [1.29, 1.82) is 0 Å². The average molecular weight is 409 g/mol. The largest absolute Gasteiger partial charge is 0.452 e. The van der Waals surface area contributed by atoms with E-state index in [0.29, 0.717) is 5.92 Å². The molecule has 1 heterocycles. The van der Waals surface area contributed by atoms with Gasteiger partial charge >= 0.3 is 5.97 Å². The molecule has 1 aliphatic carbocycles. The van der Waals surface area contributed by atoms with Gasteiger partial charge in [-0.2, -0.15) is 0 Å². The molecule has 2 fully saturated rings. The Kier molecular flexibility index (Phi) is 6.72. The molecule has 1 aliphatic heterocycles. The van der Waals surface area contributed by atoms with Crippen LogP contribution < -0.4 is 4.72 Å². The monoisotopic (exact) mass is 408 g/mol. The van der Waals surface area contributed by atoms with Crippen molar-refractivity contribution in [3.63, 3.8) is 0 Å². The van der Waals surface area contributed by atoms with E-state index in [1.807, 2.05) is 4.90 Å². The summed E-state index contributed by atoms with van der Waals surface area (Å²) >= 11 is 0. The van der Waals surface area contributed by atoms with E-state index >= 15 is 0 Å². The zero-order valence-corrected chi connectivity index (χ0v) is 17.0. The molecule has 1 N–H and O–H groups in total. The van der Waals surface area contributed by atoms with Crippen LogP contribution >= 0.6 is 0 Å². The normalized spacial score (nSPS) is 22.4. The van der Waals surface area contributed by atoms with Gasteiger partial charge in [0.2, 0.25) is 10.0 Å². The molecule has 0 aromatic heterocycles. The van der Waals surface area contributed by atoms with Crippen LogP contribution in [0.2, 0.25) is 0 Å². The molecule has 154 valence electrons. The number of likely N-dealkylation sites (tertiary alicyclic amines) is 1. The highest BCUT2D eigenvalue weighted by Gasteiger charge is 2.35. The number of ether oxygens (including phenoxy) is 1. The number of sulfonamides is 1. The van der Waals surface area contributed by atoms with Gasteiger partial charge in [0, 0.05) is 19.1 Å². The molecule has 7 nitrogen and oxygen atoms in total. The van der Waals surface area contributed by atoms with Crippen LogP contribution in [0, 0.1) is 5.92 Å². The van der Waals surface area contributed by atoms with E-state index in [9.17, 15) is 18.0 Å². The number of nitrogens with zero attached hydrogens (tertiary/aromatic N) is 1. The van der Waals surface area contributed by atoms with Crippen LogP contribution in [0.5, 0.6) is 0 Å². The van der Waals surface area contributed by atoms with Gasteiger partial charge in [-0.3, -0.25) is 4.79 Å². The molecule has 2 aliphatic rings. The van der Waals surface area contributed by atoms with Gasteiger partial charge in [0.1, 0.15) is 0 Å². The summed E-state index contributed by atoms with van der Waals surface area (Å²) in [6, 6.07) is 5.79. The summed E-state index contributed by atoms with van der Waals surface area (Å²) in [5, 5.41) is 0. The Morgan fingerprint density at radius 3 is 2.50 bits per heavy atom. The standard InChI is InChI=1S/C20H28N2O5S/c1-2-21-28(25,26)17-11-9-16(10-12-17)20(24)27-14-19(23)22-13-5-7-15-6-3-4-8-18(15)22/h9-12,15,18,21H,2-8,13-14H2,1H3/t15-,18+/m1/s1. The Balaban J connectivity index is 1.57. The number of hydrogen-bond acceptors (Lipinski definition) is 5. The van der Waals surface area contributed by atoms with Crippen molar-refractivity contribution in [2.24, 2.45) is 5.92 Å². The maximum atomic E-state index is 12.6. The summed E-state index contributed by atoms with van der Waals surface area (Å²) in [7, 11) is -3.57. The Bertz CT molecular complexity index is 804. The molecule has 1 saturated heterocycles. The topological polar surface area (TPSA) is 92.8 Å². The maximum Gasteiger partial charge on any atom is 0.338 e. The first-order chi connectivity index (χ1) is 13.4. The van der Waals surface area contributed by atoms with Crippen molar-refractivity contribution < 1.29 is 22.7 Å². The first-order valence-corrected chi connectivity index (χ1v) is 11.5. The number of esters is 1. The van der Waals surface area contributed by atoms with Crippen molar-refractivity contribution in [2.75, 3.05) is 19.7 Å². The van der Waals surface area contributed by atoms with Crippen molar-refractivity contribution in [3.05, 3.63) is 29.8 Å². The second-order valence-corrected chi connectivity index (χ2v) is 9.21. The molecular weight excluding hydrogens is 380 g/mol. The van der Waals surface area contributed by atoms with Crippen molar-refractivity contribution in [2.45, 2.75) is 56.4 Å². The molecule has 0 radical (unpaired) electrons. The lowest BCUT2D eigenvalue weighted by Gasteiger charge is -2.44. The number of benzene rings is 1. The molecule has 2 atom stereocenters. The van der Waals surface area contributed by atoms with E-state index in [2.05, 4.69) is 4.72 Å². The third-order valence-electron chi connectivity index (χ3n) is 5.62. The van der Waals surface area contributed by atoms with Gasteiger partial charge in [-0.1, -0.05) is 19.8 Å². The number of amides is 1. The van der Waals surface area contributed by atoms with Crippen LogP contribution in [-0.4, -0.2) is 50.9 Å². The highest BCUT2D eigenvalue weighted by atomic mass is 32.2. The minimum absolute atomic E-state index is 0.0821. The summed E-state index contributed by atoms with van der Waals surface area (Å²) in [6.07, 6.45) is 6.77. The number of fused-ring (bicyclic) bond motifs is 1. The first-order valence-electron chi connectivity index (χ1n) is 9.98. The lowest BCUT2D eigenvalue weighted by molar-refractivity contribution is -0.140. The van der Waals surface area contributed by atoms with Crippen LogP contribution in [0.4, 0.5) is 0 Å². The van der Waals surface area contributed by atoms with Gasteiger partial charge in [0.15, 0.2) is 6.61 Å². The Morgan fingerprint density at radius 1 is 1.11 bits per heavy atom. The first kappa shape index (κ1) is 20.8.